The van der Waals surface area contributed by atoms with Crippen LogP contribution in [0.4, 0.5) is 0 Å². The molecule has 0 N–H and O–H groups in total. The molecule has 7 nitrogen and oxygen atoms in total. The van der Waals surface area contributed by atoms with Crippen molar-refractivity contribution in [2.24, 2.45) is 0 Å². The summed E-state index contributed by atoms with van der Waals surface area (Å²) < 4.78 is 17.2. The standard InChI is InChI=1S/C22H28O2.C14H21N3O2/c1-5-8-19(7-3)20-13-14-21(22(15-20)23-4)24-16-18-11-9-17(6-2)10-12-18;1-12(18)14-11-13(3-4-15-14)19-10-9-17-7-5-16(2)6-8-17/h5,9-15,19H,1,6-8,16H2,2-4H3;3-4,11H,5-10H2,1-2H3. The minimum absolute atomic E-state index is 0.0375. The number of methoxy groups -OCH3 is 1. The summed E-state index contributed by atoms with van der Waals surface area (Å²) in [4.78, 5) is 19.9. The highest BCUT2D eigenvalue weighted by molar-refractivity contribution is 5.92. The number of benzene rings is 2. The zero-order valence-corrected chi connectivity index (χ0v) is 26.7. The van der Waals surface area contributed by atoms with Gasteiger partial charge in [0.25, 0.3) is 0 Å². The van der Waals surface area contributed by atoms with E-state index in [1.54, 1.807) is 25.4 Å². The molecule has 1 aliphatic heterocycles. The molecule has 0 spiro atoms. The lowest BCUT2D eigenvalue weighted by Gasteiger charge is -2.32. The number of likely N-dealkylation sites (N-methyl/N-ethyl adjacent to an activating group) is 1. The van der Waals surface area contributed by atoms with Gasteiger partial charge in [-0.25, -0.2) is 0 Å². The number of Topliss-reactive ketones (excluding diaryl/α,β-unsaturated/α-hetero) is 1. The molecule has 43 heavy (non-hydrogen) atoms. The third-order valence-corrected chi connectivity index (χ3v) is 7.79. The van der Waals surface area contributed by atoms with E-state index in [2.05, 4.69) is 78.7 Å². The van der Waals surface area contributed by atoms with Crippen LogP contribution < -0.4 is 14.2 Å². The minimum atomic E-state index is -0.0375. The van der Waals surface area contributed by atoms with Crippen molar-refractivity contribution < 1.29 is 19.0 Å². The van der Waals surface area contributed by atoms with E-state index >= 15 is 0 Å². The molecule has 4 rings (SSSR count). The summed E-state index contributed by atoms with van der Waals surface area (Å²) in [5.41, 5.74) is 4.23. The molecule has 0 bridgehead atoms. The van der Waals surface area contributed by atoms with Crippen molar-refractivity contribution in [1.82, 2.24) is 14.8 Å². The number of ether oxygens (including phenoxy) is 3. The van der Waals surface area contributed by atoms with Gasteiger partial charge in [-0.15, -0.1) is 6.58 Å². The first-order valence-corrected chi connectivity index (χ1v) is 15.4. The number of carbonyl (C=O) groups excluding carboxylic acids is 1. The molecule has 1 unspecified atom stereocenters. The fourth-order valence-electron chi connectivity index (χ4n) is 4.89. The average molecular weight is 588 g/mol. The lowest BCUT2D eigenvalue weighted by atomic mass is 9.93. The highest BCUT2D eigenvalue weighted by Crippen LogP contribution is 2.34. The van der Waals surface area contributed by atoms with E-state index < -0.39 is 0 Å². The van der Waals surface area contributed by atoms with E-state index in [1.165, 1.54) is 18.1 Å². The Morgan fingerprint density at radius 1 is 0.977 bits per heavy atom. The first-order chi connectivity index (χ1) is 20.9. The normalized spacial score (nSPS) is 14.3. The molecule has 0 aliphatic carbocycles. The number of carbonyl (C=O) groups is 1. The molecule has 1 aliphatic rings. The largest absolute Gasteiger partial charge is 0.493 e. The highest BCUT2D eigenvalue weighted by Gasteiger charge is 2.14. The summed E-state index contributed by atoms with van der Waals surface area (Å²) in [5, 5.41) is 0. The molecule has 3 aromatic rings. The van der Waals surface area contributed by atoms with Crippen LogP contribution in [-0.2, 0) is 13.0 Å². The molecule has 7 heteroatoms. The van der Waals surface area contributed by atoms with Gasteiger partial charge >= 0.3 is 0 Å². The Labute approximate surface area is 258 Å². The van der Waals surface area contributed by atoms with E-state index in [0.717, 1.165) is 69.0 Å². The van der Waals surface area contributed by atoms with Crippen LogP contribution in [0.3, 0.4) is 0 Å². The third kappa shape index (κ3) is 11.2. The van der Waals surface area contributed by atoms with E-state index in [1.807, 2.05) is 12.1 Å². The number of pyridine rings is 1. The van der Waals surface area contributed by atoms with Crippen molar-refractivity contribution in [1.29, 1.82) is 0 Å². The Morgan fingerprint density at radius 2 is 1.70 bits per heavy atom. The summed E-state index contributed by atoms with van der Waals surface area (Å²) in [7, 11) is 3.84. The van der Waals surface area contributed by atoms with Gasteiger partial charge in [0.05, 0.1) is 7.11 Å². The molecule has 0 amide bonds. The van der Waals surface area contributed by atoms with Gasteiger partial charge in [0.1, 0.15) is 24.7 Å². The second-order valence-electron chi connectivity index (χ2n) is 10.9. The molecule has 1 saturated heterocycles. The number of aromatic nitrogens is 1. The van der Waals surface area contributed by atoms with Crippen LogP contribution in [0.5, 0.6) is 17.2 Å². The van der Waals surface area contributed by atoms with Crippen molar-refractivity contribution in [3.8, 4) is 17.2 Å². The quantitative estimate of drug-likeness (QED) is 0.152. The van der Waals surface area contributed by atoms with Crippen LogP contribution in [0.1, 0.15) is 66.7 Å². The fraction of sp³-hybridized carbons (Fsp3) is 0.444. The molecule has 0 radical (unpaired) electrons. The number of rotatable bonds is 14. The summed E-state index contributed by atoms with van der Waals surface area (Å²) in [6, 6.07) is 18.3. The number of piperazine rings is 1. The van der Waals surface area contributed by atoms with Crippen molar-refractivity contribution in [2.45, 2.75) is 52.6 Å². The van der Waals surface area contributed by atoms with Crippen LogP contribution in [-0.4, -0.2) is 74.1 Å². The SMILES string of the molecule is C=CCC(CC)c1ccc(OCc2ccc(CC)cc2)c(OC)c1.CC(=O)c1cc(OCCN2CCN(C)CC2)ccn1. The smallest absolute Gasteiger partial charge is 0.178 e. The zero-order chi connectivity index (χ0) is 31.0. The molecule has 0 saturated carbocycles. The Bertz CT molecular complexity index is 1270. The van der Waals surface area contributed by atoms with Crippen LogP contribution >= 0.6 is 0 Å². The maximum Gasteiger partial charge on any atom is 0.178 e. The van der Waals surface area contributed by atoms with Crippen molar-refractivity contribution in [3.63, 3.8) is 0 Å². The number of nitrogens with zero attached hydrogens (tertiary/aromatic N) is 3. The van der Waals surface area contributed by atoms with Gasteiger partial charge in [-0.2, -0.15) is 0 Å². The van der Waals surface area contributed by atoms with Gasteiger partial charge in [0, 0.05) is 51.9 Å². The second kappa shape index (κ2) is 18.1. The van der Waals surface area contributed by atoms with Crippen LogP contribution in [0.15, 0.2) is 73.4 Å². The van der Waals surface area contributed by atoms with E-state index in [4.69, 9.17) is 14.2 Å². The number of ketones is 1. The number of allylic oxidation sites excluding steroid dienone is 1. The van der Waals surface area contributed by atoms with Gasteiger partial charge < -0.3 is 19.1 Å². The Kier molecular flexibility index (Phi) is 14.2. The molecule has 232 valence electrons. The maximum absolute atomic E-state index is 11.2. The van der Waals surface area contributed by atoms with Crippen LogP contribution in [0.25, 0.3) is 0 Å². The van der Waals surface area contributed by atoms with Gasteiger partial charge in [-0.3, -0.25) is 14.7 Å². The number of hydrogen-bond donors (Lipinski definition) is 0. The minimum Gasteiger partial charge on any atom is -0.493 e. The van der Waals surface area contributed by atoms with Gasteiger partial charge in [-0.05, 0) is 67.1 Å². The van der Waals surface area contributed by atoms with Crippen molar-refractivity contribution in [2.75, 3.05) is 53.5 Å². The van der Waals surface area contributed by atoms with Gasteiger partial charge in [-0.1, -0.05) is 50.3 Å². The third-order valence-electron chi connectivity index (χ3n) is 7.79. The Hall–Kier alpha value is -3.68. The summed E-state index contributed by atoms with van der Waals surface area (Å²) in [5.74, 6) is 2.74. The Morgan fingerprint density at radius 3 is 2.33 bits per heavy atom. The van der Waals surface area contributed by atoms with Crippen LogP contribution in [0, 0.1) is 0 Å². The first kappa shape index (κ1) is 33.8. The van der Waals surface area contributed by atoms with Crippen molar-refractivity contribution >= 4 is 5.78 Å². The summed E-state index contributed by atoms with van der Waals surface area (Å²) in [6.07, 6.45) is 6.70. The summed E-state index contributed by atoms with van der Waals surface area (Å²) >= 11 is 0. The van der Waals surface area contributed by atoms with Crippen LogP contribution in [0.2, 0.25) is 0 Å². The van der Waals surface area contributed by atoms with Crippen molar-refractivity contribution in [3.05, 3.63) is 95.8 Å². The first-order valence-electron chi connectivity index (χ1n) is 15.4. The molecule has 1 aromatic heterocycles. The zero-order valence-electron chi connectivity index (χ0n) is 26.7. The maximum atomic E-state index is 11.2. The molecular weight excluding hydrogens is 538 g/mol. The second-order valence-corrected chi connectivity index (χ2v) is 10.9. The van der Waals surface area contributed by atoms with Gasteiger partial charge in [0.15, 0.2) is 17.3 Å². The average Bonchev–Trinajstić information content (AvgIpc) is 3.04. The highest BCUT2D eigenvalue weighted by atomic mass is 16.5. The predicted octanol–water partition coefficient (Wildman–Crippen LogP) is 6.82. The Balaban J connectivity index is 0.000000242. The number of aryl methyl sites for hydroxylation is 1. The molecule has 2 heterocycles. The van der Waals surface area contributed by atoms with Gasteiger partial charge in [0.2, 0.25) is 0 Å². The molecule has 1 atom stereocenters. The molecule has 2 aromatic carbocycles. The predicted molar refractivity (Wildman–Crippen MR) is 175 cm³/mol. The fourth-order valence-corrected chi connectivity index (χ4v) is 4.89. The topological polar surface area (TPSA) is 64.1 Å². The number of hydrogen-bond acceptors (Lipinski definition) is 7. The van der Waals surface area contributed by atoms with E-state index in [-0.39, 0.29) is 5.78 Å². The molecule has 1 fully saturated rings. The lowest BCUT2D eigenvalue weighted by Crippen LogP contribution is -2.45. The van der Waals surface area contributed by atoms with E-state index in [0.29, 0.717) is 30.6 Å². The molecular formula is C36H49N3O4. The van der Waals surface area contributed by atoms with E-state index in [9.17, 15) is 4.79 Å². The monoisotopic (exact) mass is 587 g/mol. The lowest BCUT2D eigenvalue weighted by molar-refractivity contribution is 0.101. The summed E-state index contributed by atoms with van der Waals surface area (Å²) in [6.45, 7) is 16.2.